The van der Waals surface area contributed by atoms with Crippen LogP contribution in [-0.4, -0.2) is 36.5 Å². The van der Waals surface area contributed by atoms with E-state index in [0.29, 0.717) is 12.0 Å². The van der Waals surface area contributed by atoms with E-state index in [1.165, 1.54) is 6.42 Å². The minimum absolute atomic E-state index is 0.0152. The molecule has 1 unspecified atom stereocenters. The van der Waals surface area contributed by atoms with E-state index in [9.17, 15) is 4.79 Å². The van der Waals surface area contributed by atoms with Crippen LogP contribution in [0.25, 0.3) is 0 Å². The van der Waals surface area contributed by atoms with Crippen molar-refractivity contribution in [3.63, 3.8) is 0 Å². The van der Waals surface area contributed by atoms with Crippen LogP contribution in [0, 0.1) is 12.8 Å². The molecule has 20 heavy (non-hydrogen) atoms. The summed E-state index contributed by atoms with van der Waals surface area (Å²) in [6, 6.07) is 6.28. The van der Waals surface area contributed by atoms with Crippen LogP contribution in [0.1, 0.15) is 36.2 Å². The van der Waals surface area contributed by atoms with Crippen molar-refractivity contribution in [1.29, 1.82) is 0 Å². The molecule has 0 saturated carbocycles. The number of amides is 1. The Labute approximate surface area is 127 Å². The molecule has 1 atom stereocenters. The molecule has 1 amide bonds. The average Bonchev–Trinajstić information content (AvgIpc) is 2.88. The van der Waals surface area contributed by atoms with Crippen LogP contribution in [0.15, 0.2) is 23.1 Å². The lowest BCUT2D eigenvalue weighted by molar-refractivity contribution is 0.0946. The Morgan fingerprint density at radius 1 is 1.50 bits per heavy atom. The molecule has 2 rings (SSSR count). The van der Waals surface area contributed by atoms with Gasteiger partial charge in [0, 0.05) is 29.6 Å². The molecule has 110 valence electrons. The standard InChI is InChI=1S/C16H24N2OS/c1-11(2)18-7-6-13(10-18)9-17-16(19)15-8-14(20)5-4-12(15)3/h4-5,8,11,13,20H,6-7,9-10H2,1-3H3,(H,17,19). The lowest BCUT2D eigenvalue weighted by atomic mass is 10.1. The SMILES string of the molecule is Cc1ccc(S)cc1C(=O)NCC1CCN(C(C)C)C1. The van der Waals surface area contributed by atoms with Gasteiger partial charge in [-0.25, -0.2) is 0 Å². The Kier molecular flexibility index (Phi) is 5.11. The van der Waals surface area contributed by atoms with Crippen LogP contribution in [0.4, 0.5) is 0 Å². The highest BCUT2D eigenvalue weighted by Crippen LogP contribution is 2.18. The molecule has 1 saturated heterocycles. The highest BCUT2D eigenvalue weighted by Gasteiger charge is 2.24. The summed E-state index contributed by atoms with van der Waals surface area (Å²) in [4.78, 5) is 15.5. The Morgan fingerprint density at radius 2 is 2.25 bits per heavy atom. The number of nitrogens with zero attached hydrogens (tertiary/aromatic N) is 1. The Hall–Kier alpha value is -1.00. The first-order valence-electron chi connectivity index (χ1n) is 7.29. The number of likely N-dealkylation sites (tertiary alicyclic amines) is 1. The van der Waals surface area contributed by atoms with Crippen LogP contribution in [0.3, 0.4) is 0 Å². The Morgan fingerprint density at radius 3 is 2.90 bits per heavy atom. The van der Waals surface area contributed by atoms with E-state index in [4.69, 9.17) is 0 Å². The molecular weight excluding hydrogens is 268 g/mol. The number of benzene rings is 1. The van der Waals surface area contributed by atoms with E-state index in [2.05, 4.69) is 36.7 Å². The van der Waals surface area contributed by atoms with E-state index in [1.807, 2.05) is 25.1 Å². The largest absolute Gasteiger partial charge is 0.352 e. The monoisotopic (exact) mass is 292 g/mol. The quantitative estimate of drug-likeness (QED) is 0.836. The summed E-state index contributed by atoms with van der Waals surface area (Å²) in [5.41, 5.74) is 1.73. The maximum atomic E-state index is 12.2. The van der Waals surface area contributed by atoms with Crippen molar-refractivity contribution in [3.05, 3.63) is 29.3 Å². The second-order valence-corrected chi connectivity index (χ2v) is 6.47. The molecule has 4 heteroatoms. The topological polar surface area (TPSA) is 32.3 Å². The smallest absolute Gasteiger partial charge is 0.251 e. The third kappa shape index (κ3) is 3.76. The number of hydrogen-bond donors (Lipinski definition) is 2. The van der Waals surface area contributed by atoms with Crippen LogP contribution in [-0.2, 0) is 0 Å². The predicted molar refractivity (Wildman–Crippen MR) is 85.6 cm³/mol. The normalized spacial score (nSPS) is 19.6. The molecule has 0 aromatic heterocycles. The Balaban J connectivity index is 1.88. The molecule has 1 aliphatic heterocycles. The molecule has 1 aromatic rings. The molecule has 0 radical (unpaired) electrons. The van der Waals surface area contributed by atoms with Crippen molar-refractivity contribution in [1.82, 2.24) is 10.2 Å². The summed E-state index contributed by atoms with van der Waals surface area (Å²) >= 11 is 4.30. The van der Waals surface area contributed by atoms with Crippen molar-refractivity contribution in [3.8, 4) is 0 Å². The summed E-state index contributed by atoms with van der Waals surface area (Å²) in [7, 11) is 0. The minimum Gasteiger partial charge on any atom is -0.352 e. The zero-order chi connectivity index (χ0) is 14.7. The molecule has 1 aliphatic rings. The van der Waals surface area contributed by atoms with Gasteiger partial charge in [0.15, 0.2) is 0 Å². The number of carbonyl (C=O) groups is 1. The third-order valence-corrected chi connectivity index (χ3v) is 4.34. The number of rotatable bonds is 4. The van der Waals surface area contributed by atoms with E-state index in [-0.39, 0.29) is 5.91 Å². The van der Waals surface area contributed by atoms with Gasteiger partial charge in [-0.15, -0.1) is 12.6 Å². The van der Waals surface area contributed by atoms with Gasteiger partial charge in [-0.05, 0) is 57.4 Å². The van der Waals surface area contributed by atoms with Gasteiger partial charge in [-0.2, -0.15) is 0 Å². The lowest BCUT2D eigenvalue weighted by Crippen LogP contribution is -2.33. The highest BCUT2D eigenvalue weighted by molar-refractivity contribution is 7.80. The second kappa shape index (κ2) is 6.64. The molecule has 1 aromatic carbocycles. The van der Waals surface area contributed by atoms with Crippen molar-refractivity contribution >= 4 is 18.5 Å². The van der Waals surface area contributed by atoms with Crippen molar-refractivity contribution < 1.29 is 4.79 Å². The second-order valence-electron chi connectivity index (χ2n) is 5.95. The maximum absolute atomic E-state index is 12.2. The van der Waals surface area contributed by atoms with Gasteiger partial charge < -0.3 is 10.2 Å². The van der Waals surface area contributed by atoms with Gasteiger partial charge in [-0.3, -0.25) is 4.79 Å². The van der Waals surface area contributed by atoms with Crippen LogP contribution >= 0.6 is 12.6 Å². The fraction of sp³-hybridized carbons (Fsp3) is 0.562. The van der Waals surface area contributed by atoms with Gasteiger partial charge in [0.25, 0.3) is 5.91 Å². The van der Waals surface area contributed by atoms with Crippen molar-refractivity contribution in [2.75, 3.05) is 19.6 Å². The number of thiol groups is 1. The number of nitrogens with one attached hydrogen (secondary N) is 1. The van der Waals surface area contributed by atoms with Gasteiger partial charge in [0.1, 0.15) is 0 Å². The van der Waals surface area contributed by atoms with Crippen molar-refractivity contribution in [2.24, 2.45) is 5.92 Å². The third-order valence-electron chi connectivity index (χ3n) is 4.06. The zero-order valence-electron chi connectivity index (χ0n) is 12.5. The van der Waals surface area contributed by atoms with Crippen LogP contribution < -0.4 is 5.32 Å². The summed E-state index contributed by atoms with van der Waals surface area (Å²) in [5.74, 6) is 0.585. The summed E-state index contributed by atoms with van der Waals surface area (Å²) < 4.78 is 0. The lowest BCUT2D eigenvalue weighted by Gasteiger charge is -2.20. The molecule has 0 aliphatic carbocycles. The molecule has 1 heterocycles. The molecule has 1 fully saturated rings. The molecular formula is C16H24N2OS. The van der Waals surface area contributed by atoms with Crippen LogP contribution in [0.5, 0.6) is 0 Å². The summed E-state index contributed by atoms with van der Waals surface area (Å²) in [5, 5.41) is 3.07. The fourth-order valence-corrected chi connectivity index (χ4v) is 2.89. The zero-order valence-corrected chi connectivity index (χ0v) is 13.4. The van der Waals surface area contributed by atoms with Gasteiger partial charge in [-0.1, -0.05) is 6.07 Å². The molecule has 3 nitrogen and oxygen atoms in total. The first-order chi connectivity index (χ1) is 9.47. The molecule has 0 spiro atoms. The number of carbonyl (C=O) groups excluding carboxylic acids is 1. The van der Waals surface area contributed by atoms with Crippen LogP contribution in [0.2, 0.25) is 0 Å². The predicted octanol–water partition coefficient (Wildman–Crippen LogP) is 2.74. The summed E-state index contributed by atoms with van der Waals surface area (Å²) in [6.45, 7) is 9.40. The molecule has 1 N–H and O–H groups in total. The van der Waals surface area contributed by atoms with E-state index in [0.717, 1.165) is 35.7 Å². The van der Waals surface area contributed by atoms with E-state index >= 15 is 0 Å². The van der Waals surface area contributed by atoms with E-state index in [1.54, 1.807) is 0 Å². The fourth-order valence-electron chi connectivity index (χ4n) is 2.69. The number of hydrogen-bond acceptors (Lipinski definition) is 3. The van der Waals surface area contributed by atoms with E-state index < -0.39 is 0 Å². The van der Waals surface area contributed by atoms with Crippen molar-refractivity contribution in [2.45, 2.75) is 38.1 Å². The van der Waals surface area contributed by atoms with Gasteiger partial charge in [0.2, 0.25) is 0 Å². The number of aryl methyl sites for hydroxylation is 1. The minimum atomic E-state index is 0.0152. The first kappa shape index (κ1) is 15.4. The van der Waals surface area contributed by atoms with Gasteiger partial charge in [0.05, 0.1) is 0 Å². The first-order valence-corrected chi connectivity index (χ1v) is 7.74. The van der Waals surface area contributed by atoms with Gasteiger partial charge >= 0.3 is 0 Å². The average molecular weight is 292 g/mol. The molecule has 0 bridgehead atoms. The maximum Gasteiger partial charge on any atom is 0.251 e. The highest BCUT2D eigenvalue weighted by atomic mass is 32.1. The summed E-state index contributed by atoms with van der Waals surface area (Å²) in [6.07, 6.45) is 1.17. The Bertz CT molecular complexity index is 487.